The summed E-state index contributed by atoms with van der Waals surface area (Å²) in [7, 11) is -2.29. The Kier molecular flexibility index (Phi) is 5.29. The second-order valence-electron chi connectivity index (χ2n) is 5.74. The number of hydrogen-bond acceptors (Lipinski definition) is 5. The average molecular weight is 369 g/mol. The molecule has 134 valence electrons. The number of aryl methyl sites for hydroxylation is 1. The summed E-state index contributed by atoms with van der Waals surface area (Å²) in [5.74, 6) is 0.302. The van der Waals surface area contributed by atoms with Crippen LogP contribution in [0.1, 0.15) is 11.3 Å². The fourth-order valence-corrected chi connectivity index (χ4v) is 3.75. The van der Waals surface area contributed by atoms with Crippen molar-refractivity contribution in [1.82, 2.24) is 14.7 Å². The highest BCUT2D eigenvalue weighted by Gasteiger charge is 2.19. The van der Waals surface area contributed by atoms with E-state index in [9.17, 15) is 8.42 Å². The van der Waals surface area contributed by atoms with Gasteiger partial charge in [-0.15, -0.1) is 0 Å². The molecule has 0 aliphatic carbocycles. The number of nitrogens with zero attached hydrogens (tertiary/aromatic N) is 2. The van der Waals surface area contributed by atoms with Crippen molar-refractivity contribution in [3.8, 4) is 17.0 Å². The van der Waals surface area contributed by atoms with Gasteiger partial charge in [0.2, 0.25) is 10.0 Å². The zero-order chi connectivity index (χ0) is 18.6. The van der Waals surface area contributed by atoms with E-state index >= 15 is 0 Å². The smallest absolute Gasteiger partial charge is 0.244 e. The molecule has 1 heterocycles. The molecule has 0 fully saturated rings. The summed E-state index contributed by atoms with van der Waals surface area (Å²) >= 11 is 0. The second-order valence-corrected chi connectivity index (χ2v) is 7.47. The van der Waals surface area contributed by atoms with Gasteiger partial charge < -0.3 is 4.74 Å². The molecule has 26 heavy (non-hydrogen) atoms. The zero-order valence-corrected chi connectivity index (χ0v) is 15.3. The number of benzene rings is 2. The number of aromatic nitrogens is 2. The largest absolute Gasteiger partial charge is 0.495 e. The quantitative estimate of drug-likeness (QED) is 0.722. The third-order valence-corrected chi connectivity index (χ3v) is 5.27. The molecule has 0 unspecified atom stereocenters. The topological polar surface area (TPSA) is 81.2 Å². The van der Waals surface area contributed by atoms with Crippen molar-refractivity contribution in [2.75, 3.05) is 7.11 Å². The Morgan fingerprint density at radius 1 is 1.04 bits per heavy atom. The lowest BCUT2D eigenvalue weighted by atomic mass is 10.1. The van der Waals surface area contributed by atoms with Crippen LogP contribution in [0.25, 0.3) is 11.3 Å². The third kappa shape index (κ3) is 4.07. The molecule has 7 heteroatoms. The molecule has 0 radical (unpaired) electrons. The molecule has 2 aromatic carbocycles. The summed E-state index contributed by atoms with van der Waals surface area (Å²) in [5.41, 5.74) is 3.09. The number of nitrogens with one attached hydrogen (secondary N) is 1. The summed E-state index contributed by atoms with van der Waals surface area (Å²) in [6, 6.07) is 16.4. The molecule has 1 N–H and O–H groups in total. The standard InChI is InChI=1S/C19H19N3O3S/c1-14-8-9-18(25-2)19(10-14)26(23,24)22-12-16-11-17(21-13-20-16)15-6-4-3-5-7-15/h3-11,13,22H,12H2,1-2H3. The molecule has 0 bridgehead atoms. The molecular formula is C19H19N3O3S. The molecule has 3 aromatic rings. The van der Waals surface area contributed by atoms with Crippen LogP contribution in [0.3, 0.4) is 0 Å². The first-order valence-corrected chi connectivity index (χ1v) is 9.48. The highest BCUT2D eigenvalue weighted by atomic mass is 32.2. The van der Waals surface area contributed by atoms with Crippen molar-refractivity contribution in [1.29, 1.82) is 0 Å². The maximum Gasteiger partial charge on any atom is 0.244 e. The number of ether oxygens (including phenoxy) is 1. The number of rotatable bonds is 6. The Balaban J connectivity index is 1.82. The lowest BCUT2D eigenvalue weighted by Crippen LogP contribution is -2.24. The van der Waals surface area contributed by atoms with Gasteiger partial charge in [0.1, 0.15) is 17.0 Å². The van der Waals surface area contributed by atoms with E-state index in [4.69, 9.17) is 4.74 Å². The van der Waals surface area contributed by atoms with Crippen LogP contribution in [-0.2, 0) is 16.6 Å². The predicted molar refractivity (Wildman–Crippen MR) is 99.2 cm³/mol. The average Bonchev–Trinajstić information content (AvgIpc) is 2.67. The molecule has 0 spiro atoms. The van der Waals surface area contributed by atoms with Gasteiger partial charge in [-0.2, -0.15) is 0 Å². The lowest BCUT2D eigenvalue weighted by Gasteiger charge is -2.11. The lowest BCUT2D eigenvalue weighted by molar-refractivity contribution is 0.402. The van der Waals surface area contributed by atoms with Crippen LogP contribution in [0, 0.1) is 6.92 Å². The highest BCUT2D eigenvalue weighted by molar-refractivity contribution is 7.89. The molecular weight excluding hydrogens is 350 g/mol. The summed E-state index contributed by atoms with van der Waals surface area (Å²) in [5, 5.41) is 0. The number of hydrogen-bond donors (Lipinski definition) is 1. The first kappa shape index (κ1) is 18.0. The van der Waals surface area contributed by atoms with Crippen LogP contribution in [0.15, 0.2) is 65.8 Å². The van der Waals surface area contributed by atoms with E-state index in [2.05, 4.69) is 14.7 Å². The summed E-state index contributed by atoms with van der Waals surface area (Å²) < 4.78 is 33.1. The number of methoxy groups -OCH3 is 1. The Hall–Kier alpha value is -2.77. The van der Waals surface area contributed by atoms with Crippen LogP contribution in [0.2, 0.25) is 0 Å². The Morgan fingerprint density at radius 3 is 2.54 bits per heavy atom. The van der Waals surface area contributed by atoms with Crippen molar-refractivity contribution >= 4 is 10.0 Å². The predicted octanol–water partition coefficient (Wildman–Crippen LogP) is 2.94. The Labute approximate surface area is 153 Å². The molecule has 3 rings (SSSR count). The van der Waals surface area contributed by atoms with Gasteiger partial charge in [0, 0.05) is 5.56 Å². The van der Waals surface area contributed by atoms with E-state index in [0.29, 0.717) is 11.4 Å². The van der Waals surface area contributed by atoms with Gasteiger partial charge in [0.15, 0.2) is 0 Å². The van der Waals surface area contributed by atoms with Crippen molar-refractivity contribution in [3.63, 3.8) is 0 Å². The molecule has 0 saturated heterocycles. The molecule has 0 aliphatic heterocycles. The minimum Gasteiger partial charge on any atom is -0.495 e. The number of sulfonamides is 1. The Morgan fingerprint density at radius 2 is 1.81 bits per heavy atom. The van der Waals surface area contributed by atoms with Gasteiger partial charge >= 0.3 is 0 Å². The van der Waals surface area contributed by atoms with Gasteiger partial charge in [-0.05, 0) is 30.7 Å². The molecule has 1 aromatic heterocycles. The first-order valence-electron chi connectivity index (χ1n) is 8.00. The van der Waals surface area contributed by atoms with Gasteiger partial charge in [-0.1, -0.05) is 36.4 Å². The fourth-order valence-electron chi connectivity index (χ4n) is 2.50. The van der Waals surface area contributed by atoms with Crippen molar-refractivity contribution < 1.29 is 13.2 Å². The van der Waals surface area contributed by atoms with Gasteiger partial charge in [-0.3, -0.25) is 0 Å². The van der Waals surface area contributed by atoms with E-state index in [0.717, 1.165) is 16.8 Å². The molecule has 0 amide bonds. The van der Waals surface area contributed by atoms with E-state index in [-0.39, 0.29) is 11.4 Å². The molecule has 6 nitrogen and oxygen atoms in total. The van der Waals surface area contributed by atoms with Crippen LogP contribution >= 0.6 is 0 Å². The normalized spacial score (nSPS) is 11.3. The first-order chi connectivity index (χ1) is 12.5. The Bertz CT molecular complexity index is 1010. The fraction of sp³-hybridized carbons (Fsp3) is 0.158. The van der Waals surface area contributed by atoms with Gasteiger partial charge in [0.05, 0.1) is 25.0 Å². The minimum absolute atomic E-state index is 0.0573. The van der Waals surface area contributed by atoms with Crippen LogP contribution in [0.4, 0.5) is 0 Å². The van der Waals surface area contributed by atoms with E-state index in [1.807, 2.05) is 37.3 Å². The minimum atomic E-state index is -3.74. The van der Waals surface area contributed by atoms with E-state index < -0.39 is 10.0 Å². The third-order valence-electron chi connectivity index (χ3n) is 3.85. The molecule has 0 atom stereocenters. The van der Waals surface area contributed by atoms with Crippen molar-refractivity contribution in [2.45, 2.75) is 18.4 Å². The van der Waals surface area contributed by atoms with Crippen LogP contribution in [0.5, 0.6) is 5.75 Å². The molecule has 0 aliphatic rings. The second kappa shape index (κ2) is 7.63. The maximum atomic E-state index is 12.7. The highest BCUT2D eigenvalue weighted by Crippen LogP contribution is 2.24. The monoisotopic (exact) mass is 369 g/mol. The zero-order valence-electron chi connectivity index (χ0n) is 14.5. The van der Waals surface area contributed by atoms with Gasteiger partial charge in [0.25, 0.3) is 0 Å². The van der Waals surface area contributed by atoms with Crippen molar-refractivity contribution in [3.05, 3.63) is 72.2 Å². The van der Waals surface area contributed by atoms with Gasteiger partial charge in [-0.25, -0.2) is 23.1 Å². The SMILES string of the molecule is COc1ccc(C)cc1S(=O)(=O)NCc1cc(-c2ccccc2)ncn1. The maximum absolute atomic E-state index is 12.7. The van der Waals surface area contributed by atoms with Crippen LogP contribution < -0.4 is 9.46 Å². The summed E-state index contributed by atoms with van der Waals surface area (Å²) in [6.45, 7) is 1.89. The summed E-state index contributed by atoms with van der Waals surface area (Å²) in [4.78, 5) is 8.50. The summed E-state index contributed by atoms with van der Waals surface area (Å²) in [6.07, 6.45) is 1.43. The molecule has 0 saturated carbocycles. The van der Waals surface area contributed by atoms with E-state index in [1.165, 1.54) is 13.4 Å². The van der Waals surface area contributed by atoms with E-state index in [1.54, 1.807) is 24.3 Å². The van der Waals surface area contributed by atoms with Crippen molar-refractivity contribution in [2.24, 2.45) is 0 Å². The van der Waals surface area contributed by atoms with Crippen LogP contribution in [-0.4, -0.2) is 25.5 Å².